The molecule has 2 aromatic heterocycles. The zero-order valence-corrected chi connectivity index (χ0v) is 10.6. The number of rotatable bonds is 3. The van der Waals surface area contributed by atoms with Crippen molar-refractivity contribution in [2.75, 3.05) is 0 Å². The van der Waals surface area contributed by atoms with Crippen molar-refractivity contribution in [3.63, 3.8) is 0 Å². The Morgan fingerprint density at radius 2 is 2.25 bits per heavy atom. The molecule has 3 nitrogen and oxygen atoms in total. The number of aromatic nitrogens is 2. The summed E-state index contributed by atoms with van der Waals surface area (Å²) in [4.78, 5) is 1.05. The van der Waals surface area contributed by atoms with Gasteiger partial charge in [-0.3, -0.25) is 4.68 Å². The number of hydrogen-bond donors (Lipinski definition) is 1. The SMILES string of the molecule is Cc1cc(CC(O)c2sccc2C)n(C)n1. The zero-order chi connectivity index (χ0) is 11.7. The van der Waals surface area contributed by atoms with Crippen LogP contribution in [-0.4, -0.2) is 14.9 Å². The summed E-state index contributed by atoms with van der Waals surface area (Å²) in [5.74, 6) is 0. The van der Waals surface area contributed by atoms with Crippen molar-refractivity contribution >= 4 is 11.3 Å². The van der Waals surface area contributed by atoms with Gasteiger partial charge >= 0.3 is 0 Å². The van der Waals surface area contributed by atoms with E-state index in [0.717, 1.165) is 21.8 Å². The summed E-state index contributed by atoms with van der Waals surface area (Å²) in [6.07, 6.45) is 0.202. The molecule has 0 amide bonds. The maximum absolute atomic E-state index is 10.1. The summed E-state index contributed by atoms with van der Waals surface area (Å²) < 4.78 is 1.83. The largest absolute Gasteiger partial charge is 0.387 e. The lowest BCUT2D eigenvalue weighted by Crippen LogP contribution is -2.06. The van der Waals surface area contributed by atoms with Crippen LogP contribution in [0.2, 0.25) is 0 Å². The van der Waals surface area contributed by atoms with E-state index in [4.69, 9.17) is 0 Å². The van der Waals surface area contributed by atoms with Gasteiger partial charge in [0.05, 0.1) is 11.8 Å². The number of nitrogens with zero attached hydrogens (tertiary/aromatic N) is 2. The van der Waals surface area contributed by atoms with Crippen LogP contribution in [0, 0.1) is 13.8 Å². The molecule has 1 unspecified atom stereocenters. The van der Waals surface area contributed by atoms with E-state index in [1.54, 1.807) is 11.3 Å². The van der Waals surface area contributed by atoms with Crippen molar-refractivity contribution in [2.45, 2.75) is 26.4 Å². The maximum Gasteiger partial charge on any atom is 0.0939 e. The predicted molar refractivity (Wildman–Crippen MR) is 65.7 cm³/mol. The Bertz CT molecular complexity index is 487. The standard InChI is InChI=1S/C12H16N2OS/c1-8-4-5-16-12(8)11(15)7-10-6-9(2)13-14(10)3/h4-6,11,15H,7H2,1-3H3. The van der Waals surface area contributed by atoms with Crippen LogP contribution >= 0.6 is 11.3 Å². The number of hydrogen-bond acceptors (Lipinski definition) is 3. The van der Waals surface area contributed by atoms with Crippen LogP contribution in [0.3, 0.4) is 0 Å². The average Bonchev–Trinajstić information content (AvgIpc) is 2.74. The molecule has 0 aliphatic heterocycles. The molecule has 0 spiro atoms. The average molecular weight is 236 g/mol. The fraction of sp³-hybridized carbons (Fsp3) is 0.417. The van der Waals surface area contributed by atoms with Gasteiger partial charge in [-0.2, -0.15) is 5.10 Å². The summed E-state index contributed by atoms with van der Waals surface area (Å²) in [5.41, 5.74) is 3.22. The van der Waals surface area contributed by atoms with Gasteiger partial charge in [0.15, 0.2) is 0 Å². The Hall–Kier alpha value is -1.13. The Morgan fingerprint density at radius 3 is 2.75 bits per heavy atom. The van der Waals surface area contributed by atoms with Crippen LogP contribution in [-0.2, 0) is 13.5 Å². The Balaban J connectivity index is 2.16. The number of aryl methyl sites for hydroxylation is 3. The minimum atomic E-state index is -0.421. The van der Waals surface area contributed by atoms with Crippen LogP contribution < -0.4 is 0 Å². The molecule has 0 radical (unpaired) electrons. The van der Waals surface area contributed by atoms with Gasteiger partial charge in [-0.25, -0.2) is 0 Å². The molecule has 0 aromatic carbocycles. The van der Waals surface area contributed by atoms with Crippen molar-refractivity contribution in [1.82, 2.24) is 9.78 Å². The number of thiophene rings is 1. The monoisotopic (exact) mass is 236 g/mol. The van der Waals surface area contributed by atoms with E-state index in [9.17, 15) is 5.11 Å². The Labute approximate surface area is 99.4 Å². The minimum Gasteiger partial charge on any atom is -0.387 e. The normalized spacial score (nSPS) is 13.0. The van der Waals surface area contributed by atoms with E-state index in [2.05, 4.69) is 5.10 Å². The minimum absolute atomic E-state index is 0.421. The van der Waals surface area contributed by atoms with Crippen LogP contribution in [0.5, 0.6) is 0 Å². The molecule has 4 heteroatoms. The van der Waals surface area contributed by atoms with E-state index in [1.165, 1.54) is 0 Å². The molecule has 2 aromatic rings. The van der Waals surface area contributed by atoms with Crippen LogP contribution in [0.1, 0.15) is 27.9 Å². The third kappa shape index (κ3) is 2.18. The lowest BCUT2D eigenvalue weighted by atomic mass is 10.1. The predicted octanol–water partition coefficient (Wildman–Crippen LogP) is 2.37. The third-order valence-electron chi connectivity index (χ3n) is 2.71. The molecular weight excluding hydrogens is 220 g/mol. The van der Waals surface area contributed by atoms with Crippen molar-refractivity contribution in [1.29, 1.82) is 0 Å². The molecule has 0 bridgehead atoms. The summed E-state index contributed by atoms with van der Waals surface area (Å²) in [7, 11) is 1.91. The van der Waals surface area contributed by atoms with E-state index in [0.29, 0.717) is 6.42 Å². The highest BCUT2D eigenvalue weighted by molar-refractivity contribution is 7.10. The first-order chi connectivity index (χ1) is 7.58. The number of aliphatic hydroxyl groups is 1. The van der Waals surface area contributed by atoms with Gasteiger partial charge in [-0.15, -0.1) is 11.3 Å². The third-order valence-corrected chi connectivity index (χ3v) is 3.83. The van der Waals surface area contributed by atoms with Crippen molar-refractivity contribution < 1.29 is 5.11 Å². The molecule has 2 heterocycles. The molecule has 2 rings (SSSR count). The topological polar surface area (TPSA) is 38.0 Å². The van der Waals surface area contributed by atoms with Gasteiger partial charge in [0.2, 0.25) is 0 Å². The second kappa shape index (κ2) is 4.39. The number of aliphatic hydroxyl groups excluding tert-OH is 1. The first-order valence-corrected chi connectivity index (χ1v) is 6.17. The van der Waals surface area contributed by atoms with Crippen molar-refractivity contribution in [3.8, 4) is 0 Å². The van der Waals surface area contributed by atoms with Gasteiger partial charge < -0.3 is 5.11 Å². The summed E-state index contributed by atoms with van der Waals surface area (Å²) in [5, 5.41) is 16.4. The van der Waals surface area contributed by atoms with Crippen LogP contribution in [0.4, 0.5) is 0 Å². The molecule has 0 fully saturated rings. The Kier molecular flexibility index (Phi) is 3.12. The smallest absolute Gasteiger partial charge is 0.0939 e. The summed E-state index contributed by atoms with van der Waals surface area (Å²) in [6, 6.07) is 4.06. The Morgan fingerprint density at radius 1 is 1.50 bits per heavy atom. The molecule has 0 aliphatic rings. The van der Waals surface area contributed by atoms with Crippen LogP contribution in [0.25, 0.3) is 0 Å². The first-order valence-electron chi connectivity index (χ1n) is 5.29. The molecular formula is C12H16N2OS. The molecule has 16 heavy (non-hydrogen) atoms. The van der Waals surface area contributed by atoms with E-state index in [-0.39, 0.29) is 0 Å². The summed E-state index contributed by atoms with van der Waals surface area (Å²) in [6.45, 7) is 4.00. The van der Waals surface area contributed by atoms with E-state index < -0.39 is 6.10 Å². The van der Waals surface area contributed by atoms with Gasteiger partial charge in [0, 0.05) is 24.0 Å². The highest BCUT2D eigenvalue weighted by Gasteiger charge is 2.14. The van der Waals surface area contributed by atoms with Gasteiger partial charge in [0.25, 0.3) is 0 Å². The molecule has 86 valence electrons. The highest BCUT2D eigenvalue weighted by atomic mass is 32.1. The fourth-order valence-electron chi connectivity index (χ4n) is 1.87. The molecule has 0 saturated heterocycles. The summed E-state index contributed by atoms with van der Waals surface area (Å²) >= 11 is 1.61. The lowest BCUT2D eigenvalue weighted by Gasteiger charge is -2.09. The van der Waals surface area contributed by atoms with E-state index in [1.807, 2.05) is 43.1 Å². The van der Waals surface area contributed by atoms with Crippen LogP contribution in [0.15, 0.2) is 17.5 Å². The van der Waals surface area contributed by atoms with Gasteiger partial charge in [-0.05, 0) is 36.9 Å². The fourth-order valence-corrected chi connectivity index (χ4v) is 2.79. The van der Waals surface area contributed by atoms with Crippen molar-refractivity contribution in [2.24, 2.45) is 7.05 Å². The van der Waals surface area contributed by atoms with Crippen molar-refractivity contribution in [3.05, 3.63) is 39.3 Å². The molecule has 1 atom stereocenters. The quantitative estimate of drug-likeness (QED) is 0.888. The zero-order valence-electron chi connectivity index (χ0n) is 9.77. The molecule has 1 N–H and O–H groups in total. The van der Waals surface area contributed by atoms with E-state index >= 15 is 0 Å². The van der Waals surface area contributed by atoms with Gasteiger partial charge in [-0.1, -0.05) is 0 Å². The molecule has 0 saturated carbocycles. The first kappa shape index (κ1) is 11.4. The maximum atomic E-state index is 10.1. The van der Waals surface area contributed by atoms with Gasteiger partial charge in [0.1, 0.15) is 0 Å². The second-order valence-electron chi connectivity index (χ2n) is 4.09. The highest BCUT2D eigenvalue weighted by Crippen LogP contribution is 2.26. The lowest BCUT2D eigenvalue weighted by molar-refractivity contribution is 0.179. The second-order valence-corrected chi connectivity index (χ2v) is 5.04. The molecule has 0 aliphatic carbocycles.